The number of hydrogen-bond donors (Lipinski definition) is 1. The van der Waals surface area contributed by atoms with E-state index in [2.05, 4.69) is 5.32 Å². The van der Waals surface area contributed by atoms with Crippen LogP contribution in [-0.2, 0) is 22.6 Å². The number of amides is 2. The zero-order valence-corrected chi connectivity index (χ0v) is 20.7. The number of hydrogen-bond acceptors (Lipinski definition) is 3. The van der Waals surface area contributed by atoms with Crippen LogP contribution in [0.2, 0.25) is 5.02 Å². The molecule has 0 saturated carbocycles. The molecule has 0 saturated heterocycles. The normalized spacial score (nSPS) is 12.5. The molecule has 2 amide bonds. The van der Waals surface area contributed by atoms with Crippen LogP contribution in [0.3, 0.4) is 0 Å². The molecule has 2 unspecified atom stereocenters. The summed E-state index contributed by atoms with van der Waals surface area (Å²) in [5.41, 5.74) is 1.72. The first-order valence-corrected chi connectivity index (χ1v) is 12.0. The Balaban J connectivity index is 1.90. The van der Waals surface area contributed by atoms with E-state index in [1.807, 2.05) is 50.2 Å². The number of carbonyl (C=O) groups excluding carboxylic acids is 2. The standard InChI is InChI=1S/C28H30ClFN2O3/c1-3-20(2)31-28(34)26(17-21-8-5-4-6-9-21)32(18-22-10-7-11-23(29)16-22)27(33)19-35-25-14-12-24(30)13-15-25/h4-16,20,26H,3,17-19H2,1-2H3,(H,31,34). The number of benzene rings is 3. The number of ether oxygens (including phenoxy) is 1. The van der Waals surface area contributed by atoms with Gasteiger partial charge in [0.1, 0.15) is 17.6 Å². The predicted octanol–water partition coefficient (Wildman–Crippen LogP) is 5.41. The van der Waals surface area contributed by atoms with Crippen molar-refractivity contribution in [1.29, 1.82) is 0 Å². The maximum Gasteiger partial charge on any atom is 0.261 e. The number of carbonyl (C=O) groups is 2. The van der Waals surface area contributed by atoms with Crippen LogP contribution in [0.4, 0.5) is 4.39 Å². The van der Waals surface area contributed by atoms with Crippen molar-refractivity contribution < 1.29 is 18.7 Å². The molecule has 5 nitrogen and oxygen atoms in total. The summed E-state index contributed by atoms with van der Waals surface area (Å²) in [5.74, 6) is -0.628. The number of nitrogens with zero attached hydrogens (tertiary/aromatic N) is 1. The summed E-state index contributed by atoms with van der Waals surface area (Å²) >= 11 is 6.18. The van der Waals surface area contributed by atoms with Crippen molar-refractivity contribution >= 4 is 23.4 Å². The summed E-state index contributed by atoms with van der Waals surface area (Å²) in [6, 6.07) is 21.4. The number of nitrogens with one attached hydrogen (secondary N) is 1. The second-order valence-corrected chi connectivity index (χ2v) is 8.85. The van der Waals surface area contributed by atoms with Crippen LogP contribution >= 0.6 is 11.6 Å². The van der Waals surface area contributed by atoms with Crippen LogP contribution in [0.5, 0.6) is 5.75 Å². The Bertz CT molecular complexity index is 1110. The van der Waals surface area contributed by atoms with Crippen molar-refractivity contribution in [2.45, 2.75) is 45.3 Å². The summed E-state index contributed by atoms with van der Waals surface area (Å²) in [6.07, 6.45) is 1.10. The van der Waals surface area contributed by atoms with Gasteiger partial charge in [-0.1, -0.05) is 61.0 Å². The van der Waals surface area contributed by atoms with Gasteiger partial charge in [0.05, 0.1) is 0 Å². The maximum atomic E-state index is 13.5. The molecule has 0 spiro atoms. The Hall–Kier alpha value is -3.38. The van der Waals surface area contributed by atoms with Crippen LogP contribution in [0, 0.1) is 5.82 Å². The van der Waals surface area contributed by atoms with Crippen molar-refractivity contribution in [2.24, 2.45) is 0 Å². The van der Waals surface area contributed by atoms with Gasteiger partial charge in [-0.05, 0) is 60.9 Å². The van der Waals surface area contributed by atoms with Gasteiger partial charge in [0.15, 0.2) is 6.61 Å². The summed E-state index contributed by atoms with van der Waals surface area (Å²) in [7, 11) is 0. The molecule has 0 heterocycles. The van der Waals surface area contributed by atoms with E-state index in [1.165, 1.54) is 29.2 Å². The SMILES string of the molecule is CCC(C)NC(=O)C(Cc1ccccc1)N(Cc1cccc(Cl)c1)C(=O)COc1ccc(F)cc1. The van der Waals surface area contributed by atoms with Crippen molar-refractivity contribution in [3.63, 3.8) is 0 Å². The van der Waals surface area contributed by atoms with Crippen molar-refractivity contribution in [2.75, 3.05) is 6.61 Å². The van der Waals surface area contributed by atoms with Gasteiger partial charge in [-0.25, -0.2) is 4.39 Å². The molecule has 0 aliphatic rings. The molecule has 0 fully saturated rings. The molecule has 1 N–H and O–H groups in total. The molecular weight excluding hydrogens is 467 g/mol. The van der Waals surface area contributed by atoms with Gasteiger partial charge >= 0.3 is 0 Å². The summed E-state index contributed by atoms with van der Waals surface area (Å²) in [4.78, 5) is 28.4. The minimum atomic E-state index is -0.769. The van der Waals surface area contributed by atoms with Gasteiger partial charge in [0.25, 0.3) is 5.91 Å². The smallest absolute Gasteiger partial charge is 0.261 e. The molecule has 35 heavy (non-hydrogen) atoms. The highest BCUT2D eigenvalue weighted by Crippen LogP contribution is 2.19. The zero-order chi connectivity index (χ0) is 25.2. The van der Waals surface area contributed by atoms with Crippen LogP contribution in [0.25, 0.3) is 0 Å². The third-order valence-electron chi connectivity index (χ3n) is 5.69. The minimum Gasteiger partial charge on any atom is -0.484 e. The predicted molar refractivity (Wildman–Crippen MR) is 136 cm³/mol. The third kappa shape index (κ3) is 8.11. The van der Waals surface area contributed by atoms with Gasteiger partial charge in [-0.3, -0.25) is 9.59 Å². The third-order valence-corrected chi connectivity index (χ3v) is 5.93. The lowest BCUT2D eigenvalue weighted by molar-refractivity contribution is -0.143. The maximum absolute atomic E-state index is 13.5. The molecule has 3 aromatic rings. The molecule has 0 aliphatic heterocycles. The van der Waals surface area contributed by atoms with E-state index in [4.69, 9.17) is 16.3 Å². The van der Waals surface area contributed by atoms with Gasteiger partial charge < -0.3 is 15.0 Å². The second-order valence-electron chi connectivity index (χ2n) is 8.42. The fourth-order valence-electron chi connectivity index (χ4n) is 3.59. The van der Waals surface area contributed by atoms with Crippen molar-refractivity contribution in [1.82, 2.24) is 10.2 Å². The van der Waals surface area contributed by atoms with Crippen LogP contribution < -0.4 is 10.1 Å². The van der Waals surface area contributed by atoms with Gasteiger partial charge in [0.2, 0.25) is 5.91 Å². The highest BCUT2D eigenvalue weighted by Gasteiger charge is 2.31. The molecule has 0 bridgehead atoms. The summed E-state index contributed by atoms with van der Waals surface area (Å²) in [6.45, 7) is 3.80. The van der Waals surface area contributed by atoms with Crippen molar-refractivity contribution in [3.8, 4) is 5.75 Å². The molecule has 3 rings (SSSR count). The average molecular weight is 497 g/mol. The Morgan fingerprint density at radius 2 is 1.69 bits per heavy atom. The van der Waals surface area contributed by atoms with Gasteiger partial charge in [0, 0.05) is 24.0 Å². The highest BCUT2D eigenvalue weighted by atomic mass is 35.5. The van der Waals surface area contributed by atoms with Crippen LogP contribution in [0.1, 0.15) is 31.4 Å². The fourth-order valence-corrected chi connectivity index (χ4v) is 3.80. The minimum absolute atomic E-state index is 0.0423. The summed E-state index contributed by atoms with van der Waals surface area (Å²) < 4.78 is 18.9. The number of halogens is 2. The zero-order valence-electron chi connectivity index (χ0n) is 19.9. The lowest BCUT2D eigenvalue weighted by Gasteiger charge is -2.32. The highest BCUT2D eigenvalue weighted by molar-refractivity contribution is 6.30. The Labute approximate surface area is 210 Å². The molecule has 184 valence electrons. The largest absolute Gasteiger partial charge is 0.484 e. The van der Waals surface area contributed by atoms with E-state index in [0.29, 0.717) is 17.2 Å². The molecule has 7 heteroatoms. The van der Waals surface area contributed by atoms with E-state index < -0.39 is 11.9 Å². The van der Waals surface area contributed by atoms with Crippen LogP contribution in [0.15, 0.2) is 78.9 Å². The van der Waals surface area contributed by atoms with E-state index in [-0.39, 0.29) is 31.0 Å². The van der Waals surface area contributed by atoms with Gasteiger partial charge in [-0.15, -0.1) is 0 Å². The Morgan fingerprint density at radius 1 is 1.00 bits per heavy atom. The number of rotatable bonds is 11. The van der Waals surface area contributed by atoms with Crippen molar-refractivity contribution in [3.05, 3.63) is 101 Å². The second kappa shape index (κ2) is 12.9. The lowest BCUT2D eigenvalue weighted by Crippen LogP contribution is -2.53. The lowest BCUT2D eigenvalue weighted by atomic mass is 10.0. The molecule has 0 aromatic heterocycles. The van der Waals surface area contributed by atoms with E-state index >= 15 is 0 Å². The first kappa shape index (κ1) is 26.2. The summed E-state index contributed by atoms with van der Waals surface area (Å²) in [5, 5.41) is 3.56. The molecular formula is C28H30ClFN2O3. The quantitative estimate of drug-likeness (QED) is 0.386. The van der Waals surface area contributed by atoms with E-state index in [9.17, 15) is 14.0 Å². The Morgan fingerprint density at radius 3 is 2.34 bits per heavy atom. The first-order valence-electron chi connectivity index (χ1n) is 11.6. The first-order chi connectivity index (χ1) is 16.9. The average Bonchev–Trinajstić information content (AvgIpc) is 2.86. The molecule has 2 atom stereocenters. The van der Waals surface area contributed by atoms with E-state index in [1.54, 1.807) is 18.2 Å². The van der Waals surface area contributed by atoms with Gasteiger partial charge in [-0.2, -0.15) is 0 Å². The molecule has 0 aliphatic carbocycles. The fraction of sp³-hybridized carbons (Fsp3) is 0.286. The molecule has 3 aromatic carbocycles. The topological polar surface area (TPSA) is 58.6 Å². The Kier molecular flexibility index (Phi) is 9.67. The van der Waals surface area contributed by atoms with Crippen LogP contribution in [-0.4, -0.2) is 35.4 Å². The molecule has 0 radical (unpaired) electrons. The van der Waals surface area contributed by atoms with E-state index in [0.717, 1.165) is 17.5 Å². The monoisotopic (exact) mass is 496 g/mol.